The highest BCUT2D eigenvalue weighted by Crippen LogP contribution is 2.23. The number of benzene rings is 1. The average Bonchev–Trinajstić information content (AvgIpc) is 3.13. The summed E-state index contributed by atoms with van der Waals surface area (Å²) in [6, 6.07) is 7.40. The molecule has 0 saturated carbocycles. The molecular formula is C18H25N5O3. The summed E-state index contributed by atoms with van der Waals surface area (Å²) in [6.07, 6.45) is 4.23. The van der Waals surface area contributed by atoms with E-state index in [0.717, 1.165) is 11.1 Å². The molecule has 1 aromatic heterocycles. The van der Waals surface area contributed by atoms with E-state index < -0.39 is 5.97 Å². The summed E-state index contributed by atoms with van der Waals surface area (Å²) in [5.74, 6) is -0.871. The summed E-state index contributed by atoms with van der Waals surface area (Å²) >= 11 is 0. The van der Waals surface area contributed by atoms with Gasteiger partial charge in [0, 0.05) is 13.0 Å². The maximum atomic E-state index is 12.2. The van der Waals surface area contributed by atoms with Crippen LogP contribution in [0, 0.1) is 6.92 Å². The van der Waals surface area contributed by atoms with E-state index in [1.807, 2.05) is 38.1 Å². The van der Waals surface area contributed by atoms with Gasteiger partial charge in [0.15, 0.2) is 0 Å². The summed E-state index contributed by atoms with van der Waals surface area (Å²) in [7, 11) is 0. The molecule has 8 nitrogen and oxygen atoms in total. The molecule has 0 radical (unpaired) electrons. The number of hydrogen-bond acceptors (Lipinski definition) is 4. The Balaban J connectivity index is 2.08. The number of carboxylic acids is 1. The van der Waals surface area contributed by atoms with Crippen LogP contribution < -0.4 is 10.6 Å². The zero-order chi connectivity index (χ0) is 18.9. The third kappa shape index (κ3) is 5.58. The van der Waals surface area contributed by atoms with Crippen molar-refractivity contribution in [3.8, 4) is 0 Å². The molecule has 2 aromatic rings. The lowest BCUT2D eigenvalue weighted by molar-refractivity contribution is -0.137. The van der Waals surface area contributed by atoms with Crippen molar-refractivity contribution in [2.45, 2.75) is 45.2 Å². The van der Waals surface area contributed by atoms with Crippen LogP contribution in [0.15, 0.2) is 36.9 Å². The van der Waals surface area contributed by atoms with Crippen molar-refractivity contribution >= 4 is 12.0 Å². The van der Waals surface area contributed by atoms with Crippen LogP contribution in [0.5, 0.6) is 0 Å². The van der Waals surface area contributed by atoms with Crippen molar-refractivity contribution in [1.29, 1.82) is 0 Å². The van der Waals surface area contributed by atoms with E-state index in [2.05, 4.69) is 20.7 Å². The topological polar surface area (TPSA) is 109 Å². The number of carbonyl (C=O) groups is 2. The van der Waals surface area contributed by atoms with E-state index in [9.17, 15) is 9.59 Å². The van der Waals surface area contributed by atoms with E-state index >= 15 is 0 Å². The summed E-state index contributed by atoms with van der Waals surface area (Å²) in [5, 5.41) is 18.6. The van der Waals surface area contributed by atoms with Crippen LogP contribution in [0.1, 0.15) is 43.4 Å². The standard InChI is InChI=1S/C18H25N5O3/c1-3-15(22-18(26)20-10-4-5-16(24)25)17(23-12-19-11-21-23)14-8-6-13(2)7-9-14/h6-9,11-12,15,17H,3-5,10H2,1-2H3,(H,24,25)(H2,20,22,26). The second-order valence-electron chi connectivity index (χ2n) is 6.14. The Morgan fingerprint density at radius 3 is 2.58 bits per heavy atom. The van der Waals surface area contributed by atoms with Crippen molar-refractivity contribution < 1.29 is 14.7 Å². The molecule has 1 aromatic carbocycles. The Bertz CT molecular complexity index is 700. The van der Waals surface area contributed by atoms with Gasteiger partial charge in [-0.05, 0) is 25.3 Å². The first-order valence-corrected chi connectivity index (χ1v) is 8.68. The lowest BCUT2D eigenvalue weighted by Crippen LogP contribution is -2.46. The predicted octanol–water partition coefficient (Wildman–Crippen LogP) is 2.12. The minimum atomic E-state index is -0.871. The molecule has 8 heteroatoms. The third-order valence-corrected chi connectivity index (χ3v) is 4.13. The summed E-state index contributed by atoms with van der Waals surface area (Å²) in [5.41, 5.74) is 2.18. The van der Waals surface area contributed by atoms with Gasteiger partial charge in [-0.15, -0.1) is 0 Å². The third-order valence-electron chi connectivity index (χ3n) is 4.13. The number of carbonyl (C=O) groups excluding carboxylic acids is 1. The number of aromatic nitrogens is 3. The van der Waals surface area contributed by atoms with Crippen LogP contribution in [0.25, 0.3) is 0 Å². The van der Waals surface area contributed by atoms with Gasteiger partial charge < -0.3 is 15.7 Å². The van der Waals surface area contributed by atoms with Crippen LogP contribution in [-0.4, -0.2) is 44.5 Å². The van der Waals surface area contributed by atoms with Crippen LogP contribution in [-0.2, 0) is 4.79 Å². The first-order valence-electron chi connectivity index (χ1n) is 8.68. The molecule has 3 N–H and O–H groups in total. The number of aryl methyl sites for hydroxylation is 1. The molecule has 0 spiro atoms. The number of urea groups is 1. The van der Waals surface area contributed by atoms with Gasteiger partial charge in [-0.25, -0.2) is 14.5 Å². The molecule has 0 aliphatic rings. The fourth-order valence-corrected chi connectivity index (χ4v) is 2.76. The van der Waals surface area contributed by atoms with Gasteiger partial charge in [0.05, 0.1) is 12.1 Å². The lowest BCUT2D eigenvalue weighted by Gasteiger charge is -2.28. The largest absolute Gasteiger partial charge is 0.481 e. The number of hydrogen-bond donors (Lipinski definition) is 3. The molecule has 0 fully saturated rings. The molecule has 1 heterocycles. The second-order valence-corrected chi connectivity index (χ2v) is 6.14. The Labute approximate surface area is 152 Å². The number of rotatable bonds is 9. The predicted molar refractivity (Wildman–Crippen MR) is 96.8 cm³/mol. The Kier molecular flexibility index (Phi) is 7.13. The number of carboxylic acid groups (broad SMARTS) is 1. The maximum Gasteiger partial charge on any atom is 0.315 e. The van der Waals surface area contributed by atoms with Gasteiger partial charge in [-0.1, -0.05) is 36.8 Å². The van der Waals surface area contributed by atoms with Crippen molar-refractivity contribution in [3.05, 3.63) is 48.0 Å². The number of amides is 2. The molecule has 26 heavy (non-hydrogen) atoms. The molecule has 2 atom stereocenters. The Morgan fingerprint density at radius 1 is 1.27 bits per heavy atom. The van der Waals surface area contributed by atoms with Crippen molar-refractivity contribution in [1.82, 2.24) is 25.4 Å². The Morgan fingerprint density at radius 2 is 2.00 bits per heavy atom. The minimum absolute atomic E-state index is 0.0302. The van der Waals surface area contributed by atoms with Gasteiger partial charge >= 0.3 is 12.0 Å². The molecule has 0 saturated heterocycles. The number of nitrogens with zero attached hydrogens (tertiary/aromatic N) is 3. The monoisotopic (exact) mass is 359 g/mol. The zero-order valence-electron chi connectivity index (χ0n) is 15.1. The van der Waals surface area contributed by atoms with Crippen LogP contribution in [0.4, 0.5) is 4.79 Å². The van der Waals surface area contributed by atoms with E-state index in [1.165, 1.54) is 6.33 Å². The number of aliphatic carboxylic acids is 1. The minimum Gasteiger partial charge on any atom is -0.481 e. The van der Waals surface area contributed by atoms with E-state index in [0.29, 0.717) is 19.4 Å². The molecule has 2 unspecified atom stereocenters. The van der Waals surface area contributed by atoms with Gasteiger partial charge in [0.2, 0.25) is 0 Å². The highest BCUT2D eigenvalue weighted by molar-refractivity contribution is 5.74. The van der Waals surface area contributed by atoms with E-state index in [1.54, 1.807) is 11.0 Å². The SMILES string of the molecule is CCC(NC(=O)NCCCC(=O)O)C(c1ccc(C)cc1)n1cncn1. The highest BCUT2D eigenvalue weighted by Gasteiger charge is 2.25. The second kappa shape index (κ2) is 9.55. The van der Waals surface area contributed by atoms with Gasteiger partial charge in [-0.3, -0.25) is 4.79 Å². The molecule has 0 aliphatic heterocycles. The molecule has 0 aliphatic carbocycles. The van der Waals surface area contributed by atoms with Crippen molar-refractivity contribution in [3.63, 3.8) is 0 Å². The van der Waals surface area contributed by atoms with Gasteiger partial charge in [0.1, 0.15) is 12.7 Å². The number of nitrogens with one attached hydrogen (secondary N) is 2. The summed E-state index contributed by atoms with van der Waals surface area (Å²) in [4.78, 5) is 26.8. The van der Waals surface area contributed by atoms with E-state index in [-0.39, 0.29) is 24.5 Å². The molecule has 2 rings (SSSR count). The van der Waals surface area contributed by atoms with Crippen molar-refractivity contribution in [2.75, 3.05) is 6.54 Å². The quantitative estimate of drug-likeness (QED) is 0.594. The first kappa shape index (κ1) is 19.4. The highest BCUT2D eigenvalue weighted by atomic mass is 16.4. The van der Waals surface area contributed by atoms with Crippen LogP contribution >= 0.6 is 0 Å². The summed E-state index contributed by atoms with van der Waals surface area (Å²) < 4.78 is 1.74. The average molecular weight is 359 g/mol. The smallest absolute Gasteiger partial charge is 0.315 e. The van der Waals surface area contributed by atoms with Crippen molar-refractivity contribution in [2.24, 2.45) is 0 Å². The fraction of sp³-hybridized carbons (Fsp3) is 0.444. The molecule has 0 bridgehead atoms. The molecular weight excluding hydrogens is 334 g/mol. The van der Waals surface area contributed by atoms with Crippen LogP contribution in [0.2, 0.25) is 0 Å². The van der Waals surface area contributed by atoms with Gasteiger partial charge in [0.25, 0.3) is 0 Å². The zero-order valence-corrected chi connectivity index (χ0v) is 15.1. The van der Waals surface area contributed by atoms with E-state index in [4.69, 9.17) is 5.11 Å². The maximum absolute atomic E-state index is 12.2. The lowest BCUT2D eigenvalue weighted by atomic mass is 9.96. The van der Waals surface area contributed by atoms with Crippen LogP contribution in [0.3, 0.4) is 0 Å². The molecule has 140 valence electrons. The molecule has 2 amide bonds. The normalized spacial score (nSPS) is 13.0. The first-order chi connectivity index (χ1) is 12.5. The summed E-state index contributed by atoms with van der Waals surface area (Å²) in [6.45, 7) is 4.33. The fourth-order valence-electron chi connectivity index (χ4n) is 2.76. The van der Waals surface area contributed by atoms with Gasteiger partial charge in [-0.2, -0.15) is 5.10 Å². The Hall–Kier alpha value is -2.90.